The molecule has 0 bridgehead atoms. The maximum Gasteiger partial charge on any atom is 1.00 e. The van der Waals surface area contributed by atoms with Crippen molar-refractivity contribution in [2.75, 3.05) is 0 Å². The van der Waals surface area contributed by atoms with E-state index in [4.69, 9.17) is 0 Å². The minimum atomic E-state index is -1.07. The van der Waals surface area contributed by atoms with E-state index in [0.29, 0.717) is 0 Å². The molecule has 0 N–H and O–H groups in total. The average Bonchev–Trinajstić information content (AvgIpc) is 2.69. The molecule has 1 saturated heterocycles. The average molecular weight is 261 g/mol. The zero-order valence-corrected chi connectivity index (χ0v) is 13.9. The van der Waals surface area contributed by atoms with Gasteiger partial charge in [0.25, 0.3) is 0 Å². The fourth-order valence-corrected chi connectivity index (χ4v) is 17.4. The Kier molecular flexibility index (Phi) is 4.73. The Balaban J connectivity index is 0.00000128. The van der Waals surface area contributed by atoms with Crippen LogP contribution >= 0.6 is 11.3 Å². The second-order valence-electron chi connectivity index (χ2n) is 5.72. The summed E-state index contributed by atoms with van der Waals surface area (Å²) < 4.78 is 2.92. The van der Waals surface area contributed by atoms with Gasteiger partial charge in [0.15, 0.2) is 0 Å². The Morgan fingerprint density at radius 2 is 1.81 bits per heavy atom. The molecule has 0 amide bonds. The second-order valence-corrected chi connectivity index (χ2v) is 16.5. The van der Waals surface area contributed by atoms with Gasteiger partial charge in [0.05, 0.1) is 0 Å². The van der Waals surface area contributed by atoms with Crippen LogP contribution in [0.4, 0.5) is 0 Å². The van der Waals surface area contributed by atoms with Crippen LogP contribution in [0.1, 0.15) is 4.88 Å². The van der Waals surface area contributed by atoms with Crippen LogP contribution in [0.2, 0.25) is 38.3 Å². The molecular weight excluding hydrogens is 241 g/mol. The Hall–Kier alpha value is 0.691. The summed E-state index contributed by atoms with van der Waals surface area (Å²) in [4.78, 5) is 1.50. The van der Waals surface area contributed by atoms with Crippen LogP contribution in [0.15, 0.2) is 11.4 Å². The van der Waals surface area contributed by atoms with Gasteiger partial charge in [-0.2, -0.15) is 0 Å². The Labute approximate surface area is 118 Å². The molecule has 84 valence electrons. The maximum absolute atomic E-state index is 3.18. The molecule has 1 aliphatic rings. The van der Waals surface area contributed by atoms with Crippen molar-refractivity contribution >= 4 is 27.8 Å². The minimum Gasteiger partial charge on any atom is -0.356 e. The molecule has 1 aromatic rings. The fraction of sp³-hybridized carbons (Fsp3) is 0.636. The van der Waals surface area contributed by atoms with Gasteiger partial charge in [0.1, 0.15) is 16.5 Å². The summed E-state index contributed by atoms with van der Waals surface area (Å²) in [5, 5.41) is 2.08. The number of hydrogen-bond acceptors (Lipinski definition) is 2. The minimum absolute atomic E-state index is 0. The topological polar surface area (TPSA) is 3.24 Å². The molecule has 0 aliphatic carbocycles. The molecular formula is C11H20LiNSSi2. The van der Waals surface area contributed by atoms with Crippen molar-refractivity contribution in [2.24, 2.45) is 0 Å². The zero-order chi connectivity index (χ0) is 11.1. The van der Waals surface area contributed by atoms with Crippen LogP contribution in [0, 0.1) is 6.07 Å². The third-order valence-corrected chi connectivity index (χ3v) is 14.8. The molecule has 0 aromatic carbocycles. The molecule has 2 rings (SSSR count). The van der Waals surface area contributed by atoms with Crippen molar-refractivity contribution in [3.63, 3.8) is 0 Å². The summed E-state index contributed by atoms with van der Waals surface area (Å²) in [6.07, 6.45) is 0. The van der Waals surface area contributed by atoms with Crippen LogP contribution in [0.25, 0.3) is 0 Å². The van der Waals surface area contributed by atoms with E-state index in [-0.39, 0.29) is 18.9 Å². The summed E-state index contributed by atoms with van der Waals surface area (Å²) >= 11 is 1.86. The molecule has 0 saturated carbocycles. The molecule has 1 nitrogen and oxygen atoms in total. The largest absolute Gasteiger partial charge is 1.00 e. The van der Waals surface area contributed by atoms with Crippen LogP contribution in [0.5, 0.6) is 0 Å². The predicted molar refractivity (Wildman–Crippen MR) is 73.3 cm³/mol. The fourth-order valence-electron chi connectivity index (χ4n) is 2.64. The van der Waals surface area contributed by atoms with Gasteiger partial charge >= 0.3 is 18.9 Å². The number of hydrogen-bond donors (Lipinski definition) is 0. The monoisotopic (exact) mass is 261 g/mol. The van der Waals surface area contributed by atoms with Gasteiger partial charge in [-0.25, -0.2) is 12.1 Å². The number of nitrogens with zero attached hydrogens (tertiary/aromatic N) is 1. The summed E-state index contributed by atoms with van der Waals surface area (Å²) in [5.74, 6) is 0. The Morgan fingerprint density at radius 1 is 1.25 bits per heavy atom. The molecule has 2 heterocycles. The Bertz CT molecular complexity index is 322. The van der Waals surface area contributed by atoms with Gasteiger partial charge in [0.2, 0.25) is 0 Å². The normalized spacial score (nSPS) is 23.0. The molecule has 5 heteroatoms. The molecule has 0 radical (unpaired) electrons. The van der Waals surface area contributed by atoms with E-state index >= 15 is 0 Å². The Morgan fingerprint density at radius 3 is 2.25 bits per heavy atom. The molecule has 16 heavy (non-hydrogen) atoms. The quantitative estimate of drug-likeness (QED) is 0.562. The first-order valence-electron chi connectivity index (χ1n) is 5.63. The van der Waals surface area contributed by atoms with Crippen molar-refractivity contribution in [2.45, 2.75) is 44.8 Å². The van der Waals surface area contributed by atoms with Gasteiger partial charge in [-0.1, -0.05) is 26.2 Å². The van der Waals surface area contributed by atoms with Crippen molar-refractivity contribution in [3.05, 3.63) is 22.4 Å². The van der Waals surface area contributed by atoms with Gasteiger partial charge in [-0.3, -0.25) is 11.3 Å². The summed E-state index contributed by atoms with van der Waals surface area (Å²) in [5.41, 5.74) is 0. The molecule has 1 fully saturated rings. The molecule has 0 atom stereocenters. The molecule has 1 aromatic heterocycles. The van der Waals surface area contributed by atoms with Crippen molar-refractivity contribution in [3.8, 4) is 0 Å². The zero-order valence-electron chi connectivity index (χ0n) is 11.1. The summed E-state index contributed by atoms with van der Waals surface area (Å²) in [6, 6.07) is 8.35. The predicted octanol–water partition coefficient (Wildman–Crippen LogP) is 0.778. The standard InChI is InChI=1S/C11H20NSSi2.Li/c1-14(2)8-9-15(3,4)12(14)10-11-6-5-7-13-11;/h6-7H,8-10H2,1-4H3;/q-1;+1. The molecule has 0 unspecified atom stereocenters. The second kappa shape index (κ2) is 5.13. The van der Waals surface area contributed by atoms with E-state index in [9.17, 15) is 0 Å². The first kappa shape index (κ1) is 14.8. The molecule has 0 spiro atoms. The van der Waals surface area contributed by atoms with Gasteiger partial charge in [-0.15, -0.1) is 10.3 Å². The van der Waals surface area contributed by atoms with E-state index in [1.807, 2.05) is 11.3 Å². The van der Waals surface area contributed by atoms with Gasteiger partial charge in [0, 0.05) is 0 Å². The van der Waals surface area contributed by atoms with Crippen LogP contribution in [-0.4, -0.2) is 20.7 Å². The van der Waals surface area contributed by atoms with Crippen LogP contribution in [-0.2, 0) is 6.54 Å². The molecule has 1 aliphatic heterocycles. The van der Waals surface area contributed by atoms with E-state index < -0.39 is 16.5 Å². The van der Waals surface area contributed by atoms with Crippen molar-refractivity contribution in [1.29, 1.82) is 0 Å². The first-order chi connectivity index (χ1) is 6.92. The first-order valence-corrected chi connectivity index (χ1v) is 12.8. The number of thiophene rings is 1. The summed E-state index contributed by atoms with van der Waals surface area (Å²) in [6.45, 7) is 11.3. The van der Waals surface area contributed by atoms with Crippen molar-refractivity contribution < 1.29 is 18.9 Å². The third kappa shape index (κ3) is 2.92. The van der Waals surface area contributed by atoms with E-state index in [2.05, 4.69) is 47.9 Å². The SMILES string of the molecule is C[Si]1(C)CC[Si](C)(C)N1Cc1c[c-]cs1.[Li+]. The number of rotatable bonds is 2. The maximum atomic E-state index is 3.18. The van der Waals surface area contributed by atoms with Crippen LogP contribution < -0.4 is 18.9 Å². The van der Waals surface area contributed by atoms with Gasteiger partial charge in [-0.05, 0) is 18.6 Å². The smallest absolute Gasteiger partial charge is 0.356 e. The third-order valence-electron chi connectivity index (χ3n) is 3.65. The van der Waals surface area contributed by atoms with E-state index in [0.717, 1.165) is 0 Å². The van der Waals surface area contributed by atoms with E-state index in [1.165, 1.54) is 23.5 Å². The van der Waals surface area contributed by atoms with Crippen molar-refractivity contribution in [1.82, 2.24) is 4.23 Å². The van der Waals surface area contributed by atoms with Crippen LogP contribution in [0.3, 0.4) is 0 Å². The van der Waals surface area contributed by atoms with Gasteiger partial charge < -0.3 is 4.23 Å². The van der Waals surface area contributed by atoms with E-state index in [1.54, 1.807) is 0 Å². The summed E-state index contributed by atoms with van der Waals surface area (Å²) in [7, 11) is -2.15.